The molecule has 0 aliphatic heterocycles. The van der Waals surface area contributed by atoms with Gasteiger partial charge in [0.25, 0.3) is 5.69 Å². The van der Waals surface area contributed by atoms with Crippen molar-refractivity contribution in [2.45, 2.75) is 25.0 Å². The van der Waals surface area contributed by atoms with E-state index in [1.807, 2.05) is 30.3 Å². The average Bonchev–Trinajstić information content (AvgIpc) is 2.98. The molecule has 192 valence electrons. The summed E-state index contributed by atoms with van der Waals surface area (Å²) in [5, 5.41) is 14.9. The third-order valence-corrected chi connectivity index (χ3v) is 7.20. The number of non-ortho nitro benzene ring substituents is 1. The van der Waals surface area contributed by atoms with Gasteiger partial charge in [0.2, 0.25) is 0 Å². The van der Waals surface area contributed by atoms with Crippen molar-refractivity contribution in [1.29, 1.82) is 0 Å². The van der Waals surface area contributed by atoms with Crippen LogP contribution in [-0.2, 0) is 15.9 Å². The fourth-order valence-corrected chi connectivity index (χ4v) is 5.37. The van der Waals surface area contributed by atoms with Crippen molar-refractivity contribution in [3.8, 4) is 0 Å². The summed E-state index contributed by atoms with van der Waals surface area (Å²) in [6.45, 7) is 0. The average molecular weight is 518 g/mol. The Morgan fingerprint density at radius 2 is 1.26 bits per heavy atom. The molecule has 0 N–H and O–H groups in total. The normalized spacial score (nSPS) is 16.4. The van der Waals surface area contributed by atoms with Gasteiger partial charge in [0.15, 0.2) is 6.10 Å². The summed E-state index contributed by atoms with van der Waals surface area (Å²) < 4.78 is 11.9. The van der Waals surface area contributed by atoms with Crippen LogP contribution < -0.4 is 0 Å². The number of hydrogen-bond acceptors (Lipinski definition) is 6. The van der Waals surface area contributed by atoms with E-state index in [0.29, 0.717) is 34.9 Å². The Labute approximate surface area is 223 Å². The van der Waals surface area contributed by atoms with Crippen LogP contribution in [0.2, 0.25) is 0 Å². The molecule has 0 amide bonds. The molecule has 0 radical (unpaired) electrons. The molecule has 0 heterocycles. The summed E-state index contributed by atoms with van der Waals surface area (Å²) in [6.07, 6.45) is -0.735. The van der Waals surface area contributed by atoms with Gasteiger partial charge >= 0.3 is 11.9 Å². The van der Waals surface area contributed by atoms with Gasteiger partial charge in [-0.05, 0) is 64.9 Å². The first-order valence-corrected chi connectivity index (χ1v) is 12.6. The van der Waals surface area contributed by atoms with Crippen LogP contribution in [0.1, 0.15) is 44.4 Å². The molecule has 1 aliphatic carbocycles. The van der Waals surface area contributed by atoms with Crippen molar-refractivity contribution in [3.05, 3.63) is 135 Å². The SMILES string of the molecule is O=C(O[C@@H]1c2ccc3c(cc([N+](=O)[O-])c4ccccc43)c2CC[C@H]1OC(=O)c1ccccc1)c1ccccc1. The standard InChI is InChI=1S/C32H23NO6/c34-31(20-9-3-1-4-10-20)38-29-18-17-24-26(30(29)39-32(35)21-11-5-2-6-12-21)16-15-23-22-13-7-8-14-25(22)28(33(36)37)19-27(23)24/h1-16,19,29-30H,17-18H2/t29-,30-/m1/s1. The van der Waals surface area contributed by atoms with Crippen LogP contribution >= 0.6 is 0 Å². The molecule has 0 fully saturated rings. The molecule has 39 heavy (non-hydrogen) atoms. The molecule has 6 rings (SSSR count). The largest absolute Gasteiger partial charge is 0.454 e. The Balaban J connectivity index is 1.47. The lowest BCUT2D eigenvalue weighted by Gasteiger charge is -2.33. The lowest BCUT2D eigenvalue weighted by Crippen LogP contribution is -2.33. The van der Waals surface area contributed by atoms with Gasteiger partial charge in [0, 0.05) is 11.6 Å². The van der Waals surface area contributed by atoms with E-state index >= 15 is 0 Å². The van der Waals surface area contributed by atoms with Crippen molar-refractivity contribution >= 4 is 39.2 Å². The maximum absolute atomic E-state index is 13.2. The van der Waals surface area contributed by atoms with Crippen molar-refractivity contribution in [2.75, 3.05) is 0 Å². The first kappa shape index (κ1) is 24.3. The summed E-state index contributed by atoms with van der Waals surface area (Å²) >= 11 is 0. The van der Waals surface area contributed by atoms with E-state index in [1.54, 1.807) is 72.8 Å². The molecule has 0 bridgehead atoms. The van der Waals surface area contributed by atoms with E-state index in [0.717, 1.165) is 21.7 Å². The van der Waals surface area contributed by atoms with Crippen LogP contribution in [0, 0.1) is 10.1 Å². The molecular weight excluding hydrogens is 494 g/mol. The number of carbonyl (C=O) groups is 2. The van der Waals surface area contributed by atoms with Gasteiger partial charge in [-0.25, -0.2) is 9.59 Å². The third kappa shape index (κ3) is 4.48. The first-order chi connectivity index (χ1) is 19.0. The fourth-order valence-electron chi connectivity index (χ4n) is 5.37. The number of hydrogen-bond donors (Lipinski definition) is 0. The number of nitro benzene ring substituents is 1. The number of aryl methyl sites for hydroxylation is 1. The molecule has 0 unspecified atom stereocenters. The Morgan fingerprint density at radius 3 is 1.90 bits per heavy atom. The minimum absolute atomic E-state index is 0.0157. The minimum atomic E-state index is -0.885. The lowest BCUT2D eigenvalue weighted by molar-refractivity contribution is -0.382. The van der Waals surface area contributed by atoms with E-state index in [1.165, 1.54) is 0 Å². The van der Waals surface area contributed by atoms with Gasteiger partial charge in [0.1, 0.15) is 6.10 Å². The quantitative estimate of drug-likeness (QED) is 0.108. The molecule has 0 spiro atoms. The van der Waals surface area contributed by atoms with Gasteiger partial charge in [-0.3, -0.25) is 10.1 Å². The lowest BCUT2D eigenvalue weighted by atomic mass is 9.83. The van der Waals surface area contributed by atoms with E-state index < -0.39 is 24.1 Å². The topological polar surface area (TPSA) is 95.7 Å². The highest BCUT2D eigenvalue weighted by atomic mass is 16.6. The molecule has 1 aliphatic rings. The van der Waals surface area contributed by atoms with E-state index in [4.69, 9.17) is 9.47 Å². The van der Waals surface area contributed by atoms with Crippen LogP contribution in [0.3, 0.4) is 0 Å². The number of rotatable bonds is 5. The zero-order valence-electron chi connectivity index (χ0n) is 20.8. The van der Waals surface area contributed by atoms with Crippen LogP contribution in [0.5, 0.6) is 0 Å². The molecule has 0 saturated heterocycles. The molecule has 5 aromatic rings. The zero-order chi connectivity index (χ0) is 26.9. The van der Waals surface area contributed by atoms with Gasteiger partial charge in [-0.1, -0.05) is 66.7 Å². The van der Waals surface area contributed by atoms with Crippen LogP contribution in [0.15, 0.2) is 103 Å². The van der Waals surface area contributed by atoms with Crippen molar-refractivity contribution in [2.24, 2.45) is 0 Å². The predicted octanol–water partition coefficient (Wildman–Crippen LogP) is 6.97. The number of nitrogens with zero attached hydrogens (tertiary/aromatic N) is 1. The molecule has 0 aromatic heterocycles. The highest BCUT2D eigenvalue weighted by Gasteiger charge is 2.37. The Kier molecular flexibility index (Phi) is 6.25. The van der Waals surface area contributed by atoms with Crippen molar-refractivity contribution < 1.29 is 24.0 Å². The van der Waals surface area contributed by atoms with Gasteiger partial charge in [-0.2, -0.15) is 0 Å². The first-order valence-electron chi connectivity index (χ1n) is 12.6. The monoisotopic (exact) mass is 517 g/mol. The van der Waals surface area contributed by atoms with E-state index in [2.05, 4.69) is 0 Å². The zero-order valence-corrected chi connectivity index (χ0v) is 20.8. The van der Waals surface area contributed by atoms with E-state index in [-0.39, 0.29) is 10.6 Å². The molecule has 7 heteroatoms. The molecule has 2 atom stereocenters. The van der Waals surface area contributed by atoms with Gasteiger partial charge < -0.3 is 9.47 Å². The summed E-state index contributed by atoms with van der Waals surface area (Å²) in [5.74, 6) is -1.05. The predicted molar refractivity (Wildman–Crippen MR) is 147 cm³/mol. The Bertz CT molecular complexity index is 1730. The minimum Gasteiger partial charge on any atom is -0.454 e. The maximum atomic E-state index is 13.2. The summed E-state index contributed by atoms with van der Waals surface area (Å²) in [5.41, 5.74) is 2.31. The number of nitro groups is 1. The molecule has 0 saturated carbocycles. The van der Waals surface area contributed by atoms with Crippen LogP contribution in [0.25, 0.3) is 21.5 Å². The number of esters is 2. The van der Waals surface area contributed by atoms with Crippen molar-refractivity contribution in [1.82, 2.24) is 0 Å². The molecular formula is C32H23NO6. The van der Waals surface area contributed by atoms with Crippen LogP contribution in [-0.4, -0.2) is 23.0 Å². The van der Waals surface area contributed by atoms with E-state index in [9.17, 15) is 19.7 Å². The summed E-state index contributed by atoms with van der Waals surface area (Å²) in [7, 11) is 0. The number of benzene rings is 5. The van der Waals surface area contributed by atoms with Crippen molar-refractivity contribution in [3.63, 3.8) is 0 Å². The maximum Gasteiger partial charge on any atom is 0.338 e. The Hall–Kier alpha value is -5.04. The Morgan fingerprint density at radius 1 is 0.692 bits per heavy atom. The fraction of sp³-hybridized carbons (Fsp3) is 0.125. The van der Waals surface area contributed by atoms with Crippen LogP contribution in [0.4, 0.5) is 5.69 Å². The molecule has 7 nitrogen and oxygen atoms in total. The summed E-state index contributed by atoms with van der Waals surface area (Å²) in [4.78, 5) is 37.7. The second kappa shape index (κ2) is 10.0. The number of ether oxygens (including phenoxy) is 2. The smallest absolute Gasteiger partial charge is 0.338 e. The highest BCUT2D eigenvalue weighted by molar-refractivity contribution is 6.12. The third-order valence-electron chi connectivity index (χ3n) is 7.20. The second-order valence-corrected chi connectivity index (χ2v) is 9.47. The number of carbonyl (C=O) groups excluding carboxylic acids is 2. The summed E-state index contributed by atoms with van der Waals surface area (Å²) in [6, 6.07) is 29.9. The highest BCUT2D eigenvalue weighted by Crippen LogP contribution is 2.42. The second-order valence-electron chi connectivity index (χ2n) is 9.47. The van der Waals surface area contributed by atoms with Gasteiger partial charge in [0.05, 0.1) is 21.4 Å². The number of fused-ring (bicyclic) bond motifs is 5. The molecule has 5 aromatic carbocycles. The van der Waals surface area contributed by atoms with Gasteiger partial charge in [-0.15, -0.1) is 0 Å².